The van der Waals surface area contributed by atoms with Crippen molar-refractivity contribution in [3.8, 4) is 0 Å². The summed E-state index contributed by atoms with van der Waals surface area (Å²) in [5.74, 6) is -0.0643. The fraction of sp³-hybridized carbons (Fsp3) is 0.348. The molecule has 0 unspecified atom stereocenters. The van der Waals surface area contributed by atoms with Crippen molar-refractivity contribution >= 4 is 22.9 Å². The Morgan fingerprint density at radius 1 is 1.04 bits per heavy atom. The Hall–Kier alpha value is -2.63. The molecule has 4 rings (SSSR count). The molecule has 5 nitrogen and oxygen atoms in total. The Morgan fingerprint density at radius 2 is 1.82 bits per heavy atom. The van der Waals surface area contributed by atoms with Crippen LogP contribution in [0, 0.1) is 0 Å². The summed E-state index contributed by atoms with van der Waals surface area (Å²) in [6.07, 6.45) is 5.31. The summed E-state index contributed by atoms with van der Waals surface area (Å²) >= 11 is 0. The number of hydrogen-bond donors (Lipinski definition) is 2. The van der Waals surface area contributed by atoms with Crippen molar-refractivity contribution in [3.05, 3.63) is 65.9 Å². The highest BCUT2D eigenvalue weighted by molar-refractivity contribution is 6.31. The summed E-state index contributed by atoms with van der Waals surface area (Å²) in [4.78, 5) is 14.6. The predicted molar refractivity (Wildman–Crippen MR) is 113 cm³/mol. The van der Waals surface area contributed by atoms with Crippen LogP contribution in [0.3, 0.4) is 0 Å². The van der Waals surface area contributed by atoms with E-state index in [2.05, 4.69) is 39.8 Å². The first-order valence-electron chi connectivity index (χ1n) is 10.1. The van der Waals surface area contributed by atoms with Gasteiger partial charge in [0.1, 0.15) is 0 Å². The van der Waals surface area contributed by atoms with Crippen LogP contribution in [0.15, 0.2) is 54.7 Å². The topological polar surface area (TPSA) is 53.6 Å². The average molecular weight is 377 g/mol. The summed E-state index contributed by atoms with van der Waals surface area (Å²) in [6.45, 7) is 5.05. The van der Waals surface area contributed by atoms with Crippen LogP contribution >= 0.6 is 0 Å². The molecule has 0 bridgehead atoms. The summed E-state index contributed by atoms with van der Waals surface area (Å²) < 4.78 is 5.39. The first-order chi connectivity index (χ1) is 13.8. The van der Waals surface area contributed by atoms with Gasteiger partial charge < -0.3 is 15.4 Å². The van der Waals surface area contributed by atoms with Crippen molar-refractivity contribution in [2.24, 2.45) is 0 Å². The van der Waals surface area contributed by atoms with Gasteiger partial charge in [-0.15, -0.1) is 0 Å². The number of amides is 1. The van der Waals surface area contributed by atoms with Crippen molar-refractivity contribution in [1.82, 2.24) is 4.90 Å². The molecule has 0 spiro atoms. The zero-order valence-corrected chi connectivity index (χ0v) is 16.1. The predicted octanol–water partition coefficient (Wildman–Crippen LogP) is 3.75. The normalized spacial score (nSPS) is 18.1. The highest BCUT2D eigenvalue weighted by Crippen LogP contribution is 2.31. The van der Waals surface area contributed by atoms with Crippen molar-refractivity contribution in [3.63, 3.8) is 0 Å². The molecule has 1 amide bonds. The Kier molecular flexibility index (Phi) is 6.04. The number of nitrogens with zero attached hydrogens (tertiary/aromatic N) is 1. The highest BCUT2D eigenvalue weighted by Gasteiger charge is 2.23. The van der Waals surface area contributed by atoms with E-state index in [1.54, 1.807) is 6.20 Å². The van der Waals surface area contributed by atoms with Gasteiger partial charge in [0, 0.05) is 36.2 Å². The van der Waals surface area contributed by atoms with E-state index in [4.69, 9.17) is 4.74 Å². The van der Waals surface area contributed by atoms with Crippen molar-refractivity contribution < 1.29 is 9.53 Å². The molecule has 2 N–H and O–H groups in total. The van der Waals surface area contributed by atoms with Crippen molar-refractivity contribution in [1.29, 1.82) is 0 Å². The van der Waals surface area contributed by atoms with Gasteiger partial charge in [0.05, 0.1) is 18.8 Å². The zero-order valence-electron chi connectivity index (χ0n) is 16.1. The standard InChI is InChI=1S/C23H27N3O2/c27-23-21(20-6-1-2-7-22(20)25-23)17-24-19-10-8-18(9-11-19)5-3-4-12-26-13-15-28-16-14-26/h1-2,6-11,17,24H,3-5,12-16H2,(H,25,27)/b21-17+. The van der Waals surface area contributed by atoms with Gasteiger partial charge in [0.2, 0.25) is 0 Å². The smallest absolute Gasteiger partial charge is 0.257 e. The van der Waals surface area contributed by atoms with Gasteiger partial charge >= 0.3 is 0 Å². The molecule has 0 aromatic heterocycles. The van der Waals surface area contributed by atoms with Crippen LogP contribution in [-0.2, 0) is 16.0 Å². The Morgan fingerprint density at radius 3 is 2.64 bits per heavy atom. The average Bonchev–Trinajstić information content (AvgIpc) is 3.06. The molecule has 0 radical (unpaired) electrons. The number of rotatable bonds is 7. The van der Waals surface area contributed by atoms with Gasteiger partial charge in [-0.2, -0.15) is 0 Å². The van der Waals surface area contributed by atoms with E-state index in [-0.39, 0.29) is 5.91 Å². The van der Waals surface area contributed by atoms with E-state index in [1.165, 1.54) is 24.9 Å². The van der Waals surface area contributed by atoms with Gasteiger partial charge in [-0.1, -0.05) is 30.3 Å². The van der Waals surface area contributed by atoms with Gasteiger partial charge in [0.25, 0.3) is 5.91 Å². The van der Waals surface area contributed by atoms with Crippen LogP contribution in [0.5, 0.6) is 0 Å². The maximum absolute atomic E-state index is 12.1. The lowest BCUT2D eigenvalue weighted by Crippen LogP contribution is -2.36. The first kappa shape index (κ1) is 18.7. The SMILES string of the molecule is O=C1Nc2ccccc2/C1=C\Nc1ccc(CCCCN2CCOCC2)cc1. The zero-order chi connectivity index (χ0) is 19.2. The highest BCUT2D eigenvalue weighted by atomic mass is 16.5. The van der Waals surface area contributed by atoms with Crippen LogP contribution in [0.1, 0.15) is 24.0 Å². The van der Waals surface area contributed by atoms with Crippen molar-refractivity contribution in [2.45, 2.75) is 19.3 Å². The minimum atomic E-state index is -0.0643. The molecule has 2 aromatic rings. The maximum Gasteiger partial charge on any atom is 0.257 e. The minimum absolute atomic E-state index is 0.0643. The summed E-state index contributed by atoms with van der Waals surface area (Å²) in [6, 6.07) is 16.2. The van der Waals surface area contributed by atoms with Crippen LogP contribution < -0.4 is 10.6 Å². The van der Waals surface area contributed by atoms with Crippen LogP contribution in [0.4, 0.5) is 11.4 Å². The number of para-hydroxylation sites is 1. The molecular formula is C23H27N3O2. The Labute approximate surface area is 166 Å². The molecule has 2 aliphatic rings. The number of aryl methyl sites for hydroxylation is 1. The lowest BCUT2D eigenvalue weighted by Gasteiger charge is -2.26. The molecule has 2 aromatic carbocycles. The second-order valence-corrected chi connectivity index (χ2v) is 7.31. The number of benzene rings is 2. The monoisotopic (exact) mass is 377 g/mol. The van der Waals surface area contributed by atoms with E-state index in [9.17, 15) is 4.79 Å². The quantitative estimate of drug-likeness (QED) is 0.570. The third kappa shape index (κ3) is 4.61. The number of carbonyl (C=O) groups is 1. The Bertz CT molecular complexity index is 839. The number of anilines is 2. The molecule has 0 aliphatic carbocycles. The van der Waals surface area contributed by atoms with E-state index < -0.39 is 0 Å². The number of morpholine rings is 1. The molecule has 0 saturated carbocycles. The molecule has 146 valence electrons. The second-order valence-electron chi connectivity index (χ2n) is 7.31. The number of nitrogens with one attached hydrogen (secondary N) is 2. The minimum Gasteiger partial charge on any atom is -0.379 e. The molecule has 0 atom stereocenters. The molecular weight excluding hydrogens is 350 g/mol. The molecule has 5 heteroatoms. The first-order valence-corrected chi connectivity index (χ1v) is 10.1. The van der Waals surface area contributed by atoms with Gasteiger partial charge in [-0.3, -0.25) is 9.69 Å². The van der Waals surface area contributed by atoms with E-state index in [0.29, 0.717) is 5.57 Å². The third-order valence-corrected chi connectivity index (χ3v) is 5.34. The lowest BCUT2D eigenvalue weighted by atomic mass is 10.1. The molecule has 28 heavy (non-hydrogen) atoms. The fourth-order valence-electron chi connectivity index (χ4n) is 3.69. The number of fused-ring (bicyclic) bond motifs is 1. The van der Waals surface area contributed by atoms with Gasteiger partial charge in [0.15, 0.2) is 0 Å². The Balaban J connectivity index is 1.26. The lowest BCUT2D eigenvalue weighted by molar-refractivity contribution is -0.110. The summed E-state index contributed by atoms with van der Waals surface area (Å²) in [7, 11) is 0. The summed E-state index contributed by atoms with van der Waals surface area (Å²) in [5, 5.41) is 6.14. The number of unbranched alkanes of at least 4 members (excludes halogenated alkanes) is 1. The molecule has 2 heterocycles. The molecule has 2 aliphatic heterocycles. The van der Waals surface area contributed by atoms with E-state index in [0.717, 1.165) is 49.7 Å². The number of hydrogen-bond acceptors (Lipinski definition) is 4. The van der Waals surface area contributed by atoms with E-state index >= 15 is 0 Å². The summed E-state index contributed by atoms with van der Waals surface area (Å²) in [5.41, 5.74) is 4.82. The van der Waals surface area contributed by atoms with E-state index in [1.807, 2.05) is 24.3 Å². The molecule has 1 fully saturated rings. The van der Waals surface area contributed by atoms with Gasteiger partial charge in [-0.05, 0) is 49.6 Å². The fourth-order valence-corrected chi connectivity index (χ4v) is 3.69. The van der Waals surface area contributed by atoms with Crippen molar-refractivity contribution in [2.75, 3.05) is 43.5 Å². The number of carbonyl (C=O) groups excluding carboxylic acids is 1. The second kappa shape index (κ2) is 9.04. The largest absolute Gasteiger partial charge is 0.379 e. The number of ether oxygens (including phenoxy) is 1. The molecule has 1 saturated heterocycles. The van der Waals surface area contributed by atoms with Gasteiger partial charge in [-0.25, -0.2) is 0 Å². The van der Waals surface area contributed by atoms with Crippen LogP contribution in [-0.4, -0.2) is 43.7 Å². The van der Waals surface area contributed by atoms with Crippen LogP contribution in [0.2, 0.25) is 0 Å². The maximum atomic E-state index is 12.1. The van der Waals surface area contributed by atoms with Crippen LogP contribution in [0.25, 0.3) is 5.57 Å². The third-order valence-electron chi connectivity index (χ3n) is 5.34.